The summed E-state index contributed by atoms with van der Waals surface area (Å²) in [6, 6.07) is 19.5. The van der Waals surface area contributed by atoms with Gasteiger partial charge in [0.15, 0.2) is 6.23 Å². The second-order valence-electron chi connectivity index (χ2n) is 7.04. The van der Waals surface area contributed by atoms with Crippen molar-refractivity contribution in [2.75, 3.05) is 26.4 Å². The van der Waals surface area contributed by atoms with Crippen molar-refractivity contribution in [2.24, 2.45) is 0 Å². The monoisotopic (exact) mass is 415 g/mol. The Hall–Kier alpha value is -1.70. The summed E-state index contributed by atoms with van der Waals surface area (Å²) in [6.07, 6.45) is 0.842. The third-order valence-corrected chi connectivity index (χ3v) is 8.17. The van der Waals surface area contributed by atoms with Crippen LogP contribution in [0.25, 0.3) is 0 Å². The second kappa shape index (κ2) is 10.9. The normalized spacial score (nSPS) is 17.0. The van der Waals surface area contributed by atoms with Crippen molar-refractivity contribution in [1.29, 1.82) is 0 Å². The van der Waals surface area contributed by atoms with E-state index >= 15 is 0 Å². The van der Waals surface area contributed by atoms with Gasteiger partial charge in [-0.3, -0.25) is 4.90 Å². The zero-order valence-electron chi connectivity index (χ0n) is 17.8. The minimum absolute atomic E-state index is 0.0894. The van der Waals surface area contributed by atoms with Crippen LogP contribution in [0, 0.1) is 0 Å². The van der Waals surface area contributed by atoms with Crippen LogP contribution in [0.3, 0.4) is 0 Å². The molecule has 0 aromatic heterocycles. The first-order chi connectivity index (χ1) is 14.2. The summed E-state index contributed by atoms with van der Waals surface area (Å²) in [5, 5.41) is 0. The van der Waals surface area contributed by atoms with Crippen LogP contribution in [0.2, 0.25) is 6.04 Å². The van der Waals surface area contributed by atoms with Gasteiger partial charge in [0.05, 0.1) is 0 Å². The van der Waals surface area contributed by atoms with Crippen LogP contribution in [-0.4, -0.2) is 40.1 Å². The minimum atomic E-state index is -2.62. The van der Waals surface area contributed by atoms with Gasteiger partial charge in [-0.1, -0.05) is 48.5 Å². The molecule has 0 radical (unpaired) electrons. The van der Waals surface area contributed by atoms with Gasteiger partial charge < -0.3 is 18.0 Å². The van der Waals surface area contributed by atoms with Crippen molar-refractivity contribution >= 4 is 8.80 Å². The van der Waals surface area contributed by atoms with E-state index in [4.69, 9.17) is 18.0 Å². The van der Waals surface area contributed by atoms with E-state index in [0.717, 1.165) is 31.3 Å². The lowest BCUT2D eigenvalue weighted by Gasteiger charge is -2.37. The number of nitrogens with zero attached hydrogens (tertiary/aromatic N) is 1. The van der Waals surface area contributed by atoms with Crippen molar-refractivity contribution in [3.8, 4) is 5.75 Å². The predicted octanol–water partition coefficient (Wildman–Crippen LogP) is 5.02. The Morgan fingerprint density at radius 2 is 1.52 bits per heavy atom. The molecule has 2 aromatic rings. The molecule has 0 bridgehead atoms. The Bertz CT molecular complexity index is 726. The lowest BCUT2D eigenvalue weighted by atomic mass is 10.1. The molecule has 0 saturated heterocycles. The van der Waals surface area contributed by atoms with Crippen molar-refractivity contribution in [3.05, 3.63) is 65.7 Å². The molecule has 1 aliphatic heterocycles. The zero-order chi connectivity index (χ0) is 20.5. The smallest absolute Gasteiger partial charge is 0.471 e. The molecular weight excluding hydrogens is 382 g/mol. The van der Waals surface area contributed by atoms with Crippen LogP contribution in [0.5, 0.6) is 5.75 Å². The van der Waals surface area contributed by atoms with Gasteiger partial charge in [-0.25, -0.2) is 0 Å². The number of rotatable bonds is 11. The Morgan fingerprint density at radius 3 is 2.17 bits per heavy atom. The van der Waals surface area contributed by atoms with Crippen molar-refractivity contribution in [2.45, 2.75) is 46.0 Å². The zero-order valence-corrected chi connectivity index (χ0v) is 18.8. The van der Waals surface area contributed by atoms with E-state index in [1.54, 1.807) is 0 Å². The van der Waals surface area contributed by atoms with Crippen LogP contribution in [0.15, 0.2) is 54.6 Å². The number of para-hydroxylation sites is 1. The maximum absolute atomic E-state index is 6.40. The Morgan fingerprint density at radius 1 is 0.897 bits per heavy atom. The van der Waals surface area contributed by atoms with E-state index in [1.165, 1.54) is 11.1 Å². The SMILES string of the molecule is CCO[Si](CCCN1Cc2ccccc2OC1c1ccccc1)(OCC)OCC. The molecule has 1 heterocycles. The molecule has 0 spiro atoms. The van der Waals surface area contributed by atoms with Crippen molar-refractivity contribution in [1.82, 2.24) is 4.90 Å². The van der Waals surface area contributed by atoms with Crippen LogP contribution in [0.4, 0.5) is 0 Å². The van der Waals surface area contributed by atoms with Gasteiger partial charge in [0.1, 0.15) is 5.75 Å². The van der Waals surface area contributed by atoms with Crippen LogP contribution < -0.4 is 4.74 Å². The highest BCUT2D eigenvalue weighted by Crippen LogP contribution is 2.35. The van der Waals surface area contributed by atoms with Crippen molar-refractivity contribution in [3.63, 3.8) is 0 Å². The molecule has 0 N–H and O–H groups in total. The lowest BCUT2D eigenvalue weighted by Crippen LogP contribution is -2.46. The van der Waals surface area contributed by atoms with Gasteiger partial charge in [0.2, 0.25) is 0 Å². The van der Waals surface area contributed by atoms with Gasteiger partial charge in [-0.15, -0.1) is 0 Å². The lowest BCUT2D eigenvalue weighted by molar-refractivity contribution is -0.00420. The van der Waals surface area contributed by atoms with E-state index in [9.17, 15) is 0 Å². The molecule has 0 aliphatic carbocycles. The van der Waals surface area contributed by atoms with Gasteiger partial charge in [-0.05, 0) is 33.3 Å². The maximum Gasteiger partial charge on any atom is 0.500 e. The van der Waals surface area contributed by atoms with Gasteiger partial charge in [0, 0.05) is 50.1 Å². The molecule has 2 aromatic carbocycles. The second-order valence-corrected chi connectivity index (χ2v) is 9.78. The molecule has 0 saturated carbocycles. The average Bonchev–Trinajstić information content (AvgIpc) is 2.74. The fraction of sp³-hybridized carbons (Fsp3) is 0.478. The van der Waals surface area contributed by atoms with Crippen molar-refractivity contribution < 1.29 is 18.0 Å². The van der Waals surface area contributed by atoms with E-state index < -0.39 is 8.80 Å². The topological polar surface area (TPSA) is 40.2 Å². The fourth-order valence-corrected chi connectivity index (χ4v) is 6.43. The molecule has 1 aliphatic rings. The summed E-state index contributed by atoms with van der Waals surface area (Å²) in [5.41, 5.74) is 2.40. The number of fused-ring (bicyclic) bond motifs is 1. The highest BCUT2D eigenvalue weighted by Gasteiger charge is 2.40. The Balaban J connectivity index is 1.73. The molecule has 158 valence electrons. The molecule has 0 amide bonds. The standard InChI is InChI=1S/C23H33NO4Si/c1-4-25-29(26-5-2,27-6-3)18-12-17-24-19-21-15-10-11-16-22(21)28-23(24)20-13-8-7-9-14-20/h7-11,13-16,23H,4-6,12,17-19H2,1-3H3. The molecule has 29 heavy (non-hydrogen) atoms. The predicted molar refractivity (Wildman–Crippen MR) is 117 cm³/mol. The molecule has 0 fully saturated rings. The average molecular weight is 416 g/mol. The van der Waals surface area contributed by atoms with E-state index in [1.807, 2.05) is 32.9 Å². The third kappa shape index (κ3) is 5.68. The first-order valence-electron chi connectivity index (χ1n) is 10.7. The number of hydrogen-bond donors (Lipinski definition) is 0. The highest BCUT2D eigenvalue weighted by atomic mass is 28.4. The van der Waals surface area contributed by atoms with Crippen LogP contribution in [-0.2, 0) is 19.8 Å². The summed E-state index contributed by atoms with van der Waals surface area (Å²) in [6.45, 7) is 9.58. The minimum Gasteiger partial charge on any atom is -0.471 e. The van der Waals surface area contributed by atoms with E-state index in [0.29, 0.717) is 19.8 Å². The molecular formula is C23H33NO4Si. The number of ether oxygens (including phenoxy) is 1. The molecule has 6 heteroatoms. The molecule has 1 atom stereocenters. The largest absolute Gasteiger partial charge is 0.500 e. The van der Waals surface area contributed by atoms with Gasteiger partial charge >= 0.3 is 8.80 Å². The van der Waals surface area contributed by atoms with E-state index in [-0.39, 0.29) is 6.23 Å². The first-order valence-corrected chi connectivity index (χ1v) is 12.6. The van der Waals surface area contributed by atoms with Gasteiger partial charge in [0.25, 0.3) is 0 Å². The summed E-state index contributed by atoms with van der Waals surface area (Å²) in [5.74, 6) is 0.972. The van der Waals surface area contributed by atoms with Crippen LogP contribution >= 0.6 is 0 Å². The maximum atomic E-state index is 6.40. The summed E-state index contributed by atoms with van der Waals surface area (Å²) in [4.78, 5) is 2.39. The third-order valence-electron chi connectivity index (χ3n) is 5.02. The number of hydrogen-bond acceptors (Lipinski definition) is 5. The Kier molecular flexibility index (Phi) is 8.26. The van der Waals surface area contributed by atoms with E-state index in [2.05, 4.69) is 47.4 Å². The van der Waals surface area contributed by atoms with Gasteiger partial charge in [-0.2, -0.15) is 0 Å². The summed E-state index contributed by atoms with van der Waals surface area (Å²) < 4.78 is 24.4. The summed E-state index contributed by atoms with van der Waals surface area (Å²) in [7, 11) is -2.62. The highest BCUT2D eigenvalue weighted by molar-refractivity contribution is 6.60. The quantitative estimate of drug-likeness (QED) is 0.482. The molecule has 5 nitrogen and oxygen atoms in total. The number of benzene rings is 2. The summed E-state index contributed by atoms with van der Waals surface area (Å²) >= 11 is 0. The van der Waals surface area contributed by atoms with Crippen LogP contribution in [0.1, 0.15) is 44.5 Å². The first kappa shape index (κ1) is 22.0. The molecule has 3 rings (SSSR count). The fourth-order valence-electron chi connectivity index (χ4n) is 3.84. The Labute approximate surface area is 175 Å². The molecule has 1 unspecified atom stereocenters.